The molecule has 2 fully saturated rings. The molecule has 1 aliphatic carbocycles. The predicted molar refractivity (Wildman–Crippen MR) is 84.1 cm³/mol. The van der Waals surface area contributed by atoms with Crippen molar-refractivity contribution in [2.45, 2.75) is 42.7 Å². The van der Waals surface area contributed by atoms with Gasteiger partial charge in [0.1, 0.15) is 0 Å². The third kappa shape index (κ3) is 3.39. The third-order valence-corrected chi connectivity index (χ3v) is 5.73. The van der Waals surface area contributed by atoms with Gasteiger partial charge in [-0.1, -0.05) is 0 Å². The zero-order valence-corrected chi connectivity index (χ0v) is 13.2. The first-order valence-electron chi connectivity index (χ1n) is 7.64. The summed E-state index contributed by atoms with van der Waals surface area (Å²) < 4.78 is 27.0. The average molecular weight is 309 g/mol. The smallest absolute Gasteiger partial charge is 0.240 e. The summed E-state index contributed by atoms with van der Waals surface area (Å²) in [5.41, 5.74) is 1.11. The van der Waals surface area contributed by atoms with Crippen molar-refractivity contribution in [1.29, 1.82) is 0 Å². The Hall–Kier alpha value is -1.11. The zero-order chi connectivity index (χ0) is 14.9. The number of nitrogens with one attached hydrogen (secondary N) is 2. The van der Waals surface area contributed by atoms with E-state index in [4.69, 9.17) is 0 Å². The maximum absolute atomic E-state index is 12.1. The molecule has 1 saturated heterocycles. The molecule has 116 valence electrons. The van der Waals surface area contributed by atoms with Crippen LogP contribution in [0.4, 0.5) is 5.69 Å². The number of benzene rings is 1. The highest BCUT2D eigenvalue weighted by atomic mass is 32.2. The van der Waals surface area contributed by atoms with E-state index in [2.05, 4.69) is 14.9 Å². The van der Waals surface area contributed by atoms with Gasteiger partial charge >= 0.3 is 0 Å². The van der Waals surface area contributed by atoms with E-state index in [1.54, 1.807) is 12.1 Å². The molecular formula is C15H23N3O2S. The lowest BCUT2D eigenvalue weighted by molar-refractivity contribution is 0.581. The first-order chi connectivity index (χ1) is 10.1. The van der Waals surface area contributed by atoms with E-state index in [1.807, 2.05) is 19.2 Å². The number of anilines is 1. The van der Waals surface area contributed by atoms with E-state index >= 15 is 0 Å². The molecule has 1 atom stereocenters. The summed E-state index contributed by atoms with van der Waals surface area (Å²) in [5, 5.41) is 3.23. The Labute approximate surface area is 126 Å². The first kappa shape index (κ1) is 14.8. The average Bonchev–Trinajstić information content (AvgIpc) is 3.14. The number of nitrogens with zero attached hydrogens (tertiary/aromatic N) is 1. The number of sulfonamides is 1. The minimum absolute atomic E-state index is 0.147. The summed E-state index contributed by atoms with van der Waals surface area (Å²) in [6, 6.07) is 7.93. The lowest BCUT2D eigenvalue weighted by atomic mass is 10.2. The monoisotopic (exact) mass is 309 g/mol. The number of likely N-dealkylation sites (N-methyl/N-ethyl adjacent to an activating group) is 1. The Morgan fingerprint density at radius 1 is 1.19 bits per heavy atom. The Kier molecular flexibility index (Phi) is 4.19. The van der Waals surface area contributed by atoms with Gasteiger partial charge in [-0.3, -0.25) is 0 Å². The van der Waals surface area contributed by atoms with Crippen LogP contribution >= 0.6 is 0 Å². The molecule has 1 saturated carbocycles. The fourth-order valence-corrected chi connectivity index (χ4v) is 4.23. The molecule has 1 unspecified atom stereocenters. The summed E-state index contributed by atoms with van der Waals surface area (Å²) >= 11 is 0. The van der Waals surface area contributed by atoms with Crippen LogP contribution in [0.25, 0.3) is 0 Å². The van der Waals surface area contributed by atoms with Gasteiger partial charge in [-0.2, -0.15) is 0 Å². The highest BCUT2D eigenvalue weighted by molar-refractivity contribution is 7.89. The van der Waals surface area contributed by atoms with E-state index in [9.17, 15) is 8.42 Å². The van der Waals surface area contributed by atoms with Crippen LogP contribution in [0.5, 0.6) is 0 Å². The van der Waals surface area contributed by atoms with E-state index in [0.717, 1.165) is 31.6 Å². The van der Waals surface area contributed by atoms with Crippen LogP contribution in [-0.4, -0.2) is 40.6 Å². The summed E-state index contributed by atoms with van der Waals surface area (Å²) in [6.07, 6.45) is 4.29. The van der Waals surface area contributed by atoms with E-state index in [-0.39, 0.29) is 6.04 Å². The molecule has 0 spiro atoms. The lowest BCUT2D eigenvalue weighted by Crippen LogP contribution is -2.36. The molecule has 2 N–H and O–H groups in total. The van der Waals surface area contributed by atoms with Crippen molar-refractivity contribution in [2.75, 3.05) is 25.0 Å². The molecule has 0 bridgehead atoms. The van der Waals surface area contributed by atoms with E-state index < -0.39 is 10.0 Å². The van der Waals surface area contributed by atoms with Crippen LogP contribution in [0.1, 0.15) is 25.7 Å². The van der Waals surface area contributed by atoms with Gasteiger partial charge in [0.15, 0.2) is 0 Å². The third-order valence-electron chi connectivity index (χ3n) is 4.19. The van der Waals surface area contributed by atoms with E-state index in [0.29, 0.717) is 10.9 Å². The first-order valence-corrected chi connectivity index (χ1v) is 9.12. The van der Waals surface area contributed by atoms with Crippen molar-refractivity contribution < 1.29 is 8.42 Å². The summed E-state index contributed by atoms with van der Waals surface area (Å²) in [6.45, 7) is 2.00. The van der Waals surface area contributed by atoms with Gasteiger partial charge in [0, 0.05) is 30.9 Å². The quantitative estimate of drug-likeness (QED) is 0.832. The standard InChI is InChI=1S/C15H23N3O2S/c1-16-11-14-3-2-10-18(14)13-6-8-15(9-7-13)21(19,20)17-12-4-5-12/h6-9,12,14,16-17H,2-5,10-11H2,1H3. The van der Waals surface area contributed by atoms with Crippen molar-refractivity contribution in [3.05, 3.63) is 24.3 Å². The zero-order valence-electron chi connectivity index (χ0n) is 12.4. The highest BCUT2D eigenvalue weighted by Gasteiger charge is 2.28. The normalized spacial score (nSPS) is 22.7. The second-order valence-electron chi connectivity index (χ2n) is 5.94. The summed E-state index contributed by atoms with van der Waals surface area (Å²) in [4.78, 5) is 2.73. The van der Waals surface area contributed by atoms with Crippen LogP contribution < -0.4 is 14.9 Å². The van der Waals surface area contributed by atoms with Gasteiger partial charge in [-0.25, -0.2) is 13.1 Å². The molecule has 1 heterocycles. The Morgan fingerprint density at radius 3 is 2.52 bits per heavy atom. The van der Waals surface area contributed by atoms with Crippen LogP contribution in [0, 0.1) is 0 Å². The van der Waals surface area contributed by atoms with Gasteiger partial charge < -0.3 is 10.2 Å². The fraction of sp³-hybridized carbons (Fsp3) is 0.600. The minimum atomic E-state index is -3.34. The maximum Gasteiger partial charge on any atom is 0.240 e. The van der Waals surface area contributed by atoms with Crippen molar-refractivity contribution >= 4 is 15.7 Å². The Bertz CT molecular complexity index is 581. The molecule has 21 heavy (non-hydrogen) atoms. The molecule has 1 aliphatic heterocycles. The molecule has 1 aromatic rings. The maximum atomic E-state index is 12.1. The number of hydrogen-bond donors (Lipinski definition) is 2. The molecule has 0 radical (unpaired) electrons. The molecule has 1 aromatic carbocycles. The summed E-state index contributed by atoms with van der Waals surface area (Å²) in [5.74, 6) is 0. The lowest BCUT2D eigenvalue weighted by Gasteiger charge is -2.26. The molecular weight excluding hydrogens is 286 g/mol. The Morgan fingerprint density at radius 2 is 1.90 bits per heavy atom. The van der Waals surface area contributed by atoms with Gasteiger partial charge in [-0.15, -0.1) is 0 Å². The molecule has 3 rings (SSSR count). The van der Waals surface area contributed by atoms with Crippen LogP contribution in [-0.2, 0) is 10.0 Å². The molecule has 5 nitrogen and oxygen atoms in total. The second kappa shape index (κ2) is 5.94. The molecule has 0 amide bonds. The van der Waals surface area contributed by atoms with Crippen LogP contribution in [0.15, 0.2) is 29.2 Å². The topological polar surface area (TPSA) is 61.4 Å². The molecule has 0 aromatic heterocycles. The van der Waals surface area contributed by atoms with Gasteiger partial charge in [0.2, 0.25) is 10.0 Å². The van der Waals surface area contributed by atoms with Crippen molar-refractivity contribution in [3.63, 3.8) is 0 Å². The van der Waals surface area contributed by atoms with Crippen molar-refractivity contribution in [1.82, 2.24) is 10.0 Å². The van der Waals surface area contributed by atoms with Gasteiger partial charge in [0.25, 0.3) is 0 Å². The fourth-order valence-electron chi connectivity index (χ4n) is 2.93. The number of rotatable bonds is 6. The van der Waals surface area contributed by atoms with Crippen LogP contribution in [0.3, 0.4) is 0 Å². The van der Waals surface area contributed by atoms with Crippen molar-refractivity contribution in [3.8, 4) is 0 Å². The molecule has 6 heteroatoms. The minimum Gasteiger partial charge on any atom is -0.367 e. The molecule has 2 aliphatic rings. The predicted octanol–water partition coefficient (Wildman–Crippen LogP) is 1.32. The SMILES string of the molecule is CNCC1CCCN1c1ccc(S(=O)(=O)NC2CC2)cc1. The number of hydrogen-bond acceptors (Lipinski definition) is 4. The van der Waals surface area contributed by atoms with Gasteiger partial charge in [-0.05, 0) is 57.0 Å². The van der Waals surface area contributed by atoms with Crippen molar-refractivity contribution in [2.24, 2.45) is 0 Å². The van der Waals surface area contributed by atoms with E-state index in [1.165, 1.54) is 12.8 Å². The highest BCUT2D eigenvalue weighted by Crippen LogP contribution is 2.27. The second-order valence-corrected chi connectivity index (χ2v) is 7.65. The largest absolute Gasteiger partial charge is 0.367 e. The summed E-state index contributed by atoms with van der Waals surface area (Å²) in [7, 11) is -1.37. The van der Waals surface area contributed by atoms with Crippen LogP contribution in [0.2, 0.25) is 0 Å². The Balaban J connectivity index is 1.74. The van der Waals surface area contributed by atoms with Gasteiger partial charge in [0.05, 0.1) is 4.90 Å².